The number of aromatic nitrogens is 1. The molecule has 3 rings (SSSR count). The fourth-order valence-electron chi connectivity index (χ4n) is 2.94. The molecule has 2 N–H and O–H groups in total. The molecule has 1 aromatic carbocycles. The van der Waals surface area contributed by atoms with E-state index < -0.39 is 0 Å². The molecule has 0 radical (unpaired) electrons. The number of benzene rings is 1. The molecule has 1 aliphatic rings. The number of rotatable bonds is 4. The molecule has 2 aromatic rings. The van der Waals surface area contributed by atoms with E-state index in [0.717, 1.165) is 11.4 Å². The third kappa shape index (κ3) is 4.41. The SMILES string of the molecule is NCCc1nc(C(=O)N2CCCN(C(=O)c3cccc(Cl)c3)CC2)cs1. The maximum Gasteiger partial charge on any atom is 0.273 e. The first-order valence-electron chi connectivity index (χ1n) is 8.57. The average molecular weight is 393 g/mol. The van der Waals surface area contributed by atoms with Gasteiger partial charge in [-0.05, 0) is 31.2 Å². The molecule has 0 atom stereocenters. The van der Waals surface area contributed by atoms with Gasteiger partial charge in [0.05, 0.1) is 5.01 Å². The van der Waals surface area contributed by atoms with Crippen LogP contribution in [0.1, 0.15) is 32.3 Å². The van der Waals surface area contributed by atoms with Crippen molar-refractivity contribution in [3.8, 4) is 0 Å². The van der Waals surface area contributed by atoms with Gasteiger partial charge in [-0.3, -0.25) is 9.59 Å². The highest BCUT2D eigenvalue weighted by molar-refractivity contribution is 7.09. The Bertz CT molecular complexity index is 795. The minimum atomic E-state index is -0.0819. The summed E-state index contributed by atoms with van der Waals surface area (Å²) in [6.45, 7) is 2.74. The van der Waals surface area contributed by atoms with Gasteiger partial charge in [0.1, 0.15) is 5.69 Å². The Labute approximate surface area is 161 Å². The van der Waals surface area contributed by atoms with Crippen LogP contribution >= 0.6 is 22.9 Å². The molecule has 1 saturated heterocycles. The minimum Gasteiger partial charge on any atom is -0.337 e. The predicted octanol–water partition coefficient (Wildman–Crippen LogP) is 2.29. The molecule has 1 aromatic heterocycles. The summed E-state index contributed by atoms with van der Waals surface area (Å²) in [5.74, 6) is -0.137. The zero-order valence-electron chi connectivity index (χ0n) is 14.4. The summed E-state index contributed by atoms with van der Waals surface area (Å²) in [5.41, 5.74) is 6.57. The normalized spacial score (nSPS) is 15.0. The van der Waals surface area contributed by atoms with Crippen LogP contribution in [0.3, 0.4) is 0 Å². The van der Waals surface area contributed by atoms with E-state index >= 15 is 0 Å². The average Bonchev–Trinajstić information content (AvgIpc) is 2.96. The number of thiazole rings is 1. The summed E-state index contributed by atoms with van der Waals surface area (Å²) in [6.07, 6.45) is 1.41. The quantitative estimate of drug-likeness (QED) is 0.865. The molecule has 6 nitrogen and oxygen atoms in total. The van der Waals surface area contributed by atoms with E-state index in [2.05, 4.69) is 4.98 Å². The summed E-state index contributed by atoms with van der Waals surface area (Å²) in [4.78, 5) is 33.3. The number of halogens is 1. The fourth-order valence-corrected chi connectivity index (χ4v) is 3.92. The predicted molar refractivity (Wildman–Crippen MR) is 103 cm³/mol. The highest BCUT2D eigenvalue weighted by atomic mass is 35.5. The lowest BCUT2D eigenvalue weighted by Crippen LogP contribution is -2.37. The minimum absolute atomic E-state index is 0.0549. The maximum absolute atomic E-state index is 12.7. The van der Waals surface area contributed by atoms with Crippen LogP contribution in [0.15, 0.2) is 29.6 Å². The van der Waals surface area contributed by atoms with E-state index in [1.165, 1.54) is 11.3 Å². The number of hydrogen-bond donors (Lipinski definition) is 1. The third-order valence-electron chi connectivity index (χ3n) is 4.27. The van der Waals surface area contributed by atoms with E-state index in [4.69, 9.17) is 17.3 Å². The number of amides is 2. The van der Waals surface area contributed by atoms with Gasteiger partial charge < -0.3 is 15.5 Å². The van der Waals surface area contributed by atoms with Crippen LogP contribution in [-0.2, 0) is 6.42 Å². The first-order chi connectivity index (χ1) is 12.6. The Balaban J connectivity index is 1.64. The van der Waals surface area contributed by atoms with Crippen LogP contribution < -0.4 is 5.73 Å². The highest BCUT2D eigenvalue weighted by Gasteiger charge is 2.24. The first-order valence-corrected chi connectivity index (χ1v) is 9.83. The van der Waals surface area contributed by atoms with Crippen molar-refractivity contribution in [1.82, 2.24) is 14.8 Å². The van der Waals surface area contributed by atoms with Crippen molar-refractivity contribution >= 4 is 34.8 Å². The molecule has 2 heterocycles. The summed E-state index contributed by atoms with van der Waals surface area (Å²) >= 11 is 7.44. The van der Waals surface area contributed by atoms with E-state index in [9.17, 15) is 9.59 Å². The van der Waals surface area contributed by atoms with Crippen molar-refractivity contribution in [3.63, 3.8) is 0 Å². The number of carbonyl (C=O) groups is 2. The fraction of sp³-hybridized carbons (Fsp3) is 0.389. The lowest BCUT2D eigenvalue weighted by molar-refractivity contribution is 0.0716. The largest absolute Gasteiger partial charge is 0.337 e. The van der Waals surface area contributed by atoms with Gasteiger partial charge in [0.25, 0.3) is 11.8 Å². The second-order valence-corrected chi connectivity index (χ2v) is 7.49. The van der Waals surface area contributed by atoms with E-state index in [0.29, 0.717) is 55.4 Å². The molecular weight excluding hydrogens is 372 g/mol. The van der Waals surface area contributed by atoms with E-state index in [1.54, 1.807) is 39.4 Å². The topological polar surface area (TPSA) is 79.5 Å². The van der Waals surface area contributed by atoms with Gasteiger partial charge in [0.2, 0.25) is 0 Å². The molecule has 0 unspecified atom stereocenters. The Kier molecular flexibility index (Phi) is 6.24. The van der Waals surface area contributed by atoms with Gasteiger partial charge in [-0.25, -0.2) is 4.98 Å². The Morgan fingerprint density at radius 1 is 1.15 bits per heavy atom. The Morgan fingerprint density at radius 3 is 2.58 bits per heavy atom. The van der Waals surface area contributed by atoms with Crippen molar-refractivity contribution in [3.05, 3.63) is 50.9 Å². The van der Waals surface area contributed by atoms with Crippen molar-refractivity contribution in [2.24, 2.45) is 5.73 Å². The van der Waals surface area contributed by atoms with Gasteiger partial charge in [0, 0.05) is 48.6 Å². The highest BCUT2D eigenvalue weighted by Crippen LogP contribution is 2.16. The standard InChI is InChI=1S/C18H21ClN4O2S/c19-14-4-1-3-13(11-14)17(24)22-7-2-8-23(10-9-22)18(25)15-12-26-16(21-15)5-6-20/h1,3-4,11-12H,2,5-10,20H2. The van der Waals surface area contributed by atoms with E-state index in [1.807, 2.05) is 0 Å². The Morgan fingerprint density at radius 2 is 1.88 bits per heavy atom. The molecule has 1 fully saturated rings. The van der Waals surface area contributed by atoms with Gasteiger partial charge in [0.15, 0.2) is 0 Å². The van der Waals surface area contributed by atoms with Crippen LogP contribution in [0.25, 0.3) is 0 Å². The molecular formula is C18H21ClN4O2S. The van der Waals surface area contributed by atoms with E-state index in [-0.39, 0.29) is 11.8 Å². The summed E-state index contributed by atoms with van der Waals surface area (Å²) in [6, 6.07) is 6.94. The third-order valence-corrected chi connectivity index (χ3v) is 5.41. The van der Waals surface area contributed by atoms with Crippen LogP contribution in [0.2, 0.25) is 5.02 Å². The van der Waals surface area contributed by atoms with Crippen LogP contribution in [0, 0.1) is 0 Å². The number of nitrogens with two attached hydrogens (primary N) is 1. The van der Waals surface area contributed by atoms with Crippen molar-refractivity contribution in [1.29, 1.82) is 0 Å². The molecule has 0 spiro atoms. The van der Waals surface area contributed by atoms with Crippen LogP contribution in [0.4, 0.5) is 0 Å². The molecule has 0 saturated carbocycles. The smallest absolute Gasteiger partial charge is 0.273 e. The molecule has 2 amide bonds. The van der Waals surface area contributed by atoms with Crippen LogP contribution in [-0.4, -0.2) is 59.3 Å². The molecule has 0 aliphatic carbocycles. The molecule has 138 valence electrons. The lowest BCUT2D eigenvalue weighted by atomic mass is 10.2. The number of hydrogen-bond acceptors (Lipinski definition) is 5. The van der Waals surface area contributed by atoms with Crippen LogP contribution in [0.5, 0.6) is 0 Å². The van der Waals surface area contributed by atoms with Crippen molar-refractivity contribution < 1.29 is 9.59 Å². The maximum atomic E-state index is 12.7. The van der Waals surface area contributed by atoms with Crippen molar-refractivity contribution in [2.75, 3.05) is 32.7 Å². The molecule has 1 aliphatic heterocycles. The van der Waals surface area contributed by atoms with Gasteiger partial charge in [-0.15, -0.1) is 11.3 Å². The second-order valence-electron chi connectivity index (χ2n) is 6.11. The second kappa shape index (κ2) is 8.62. The summed E-state index contributed by atoms with van der Waals surface area (Å²) in [7, 11) is 0. The molecule has 0 bridgehead atoms. The molecule has 8 heteroatoms. The number of carbonyl (C=O) groups excluding carboxylic acids is 2. The number of nitrogens with zero attached hydrogens (tertiary/aromatic N) is 3. The van der Waals surface area contributed by atoms with Gasteiger partial charge in [-0.1, -0.05) is 17.7 Å². The molecule has 26 heavy (non-hydrogen) atoms. The van der Waals surface area contributed by atoms with Gasteiger partial charge in [-0.2, -0.15) is 0 Å². The van der Waals surface area contributed by atoms with Crippen molar-refractivity contribution in [2.45, 2.75) is 12.8 Å². The summed E-state index contributed by atoms with van der Waals surface area (Å²) < 4.78 is 0. The zero-order valence-corrected chi connectivity index (χ0v) is 15.9. The van der Waals surface area contributed by atoms with Gasteiger partial charge >= 0.3 is 0 Å². The monoisotopic (exact) mass is 392 g/mol. The lowest BCUT2D eigenvalue weighted by Gasteiger charge is -2.22. The Hall–Kier alpha value is -1.96. The summed E-state index contributed by atoms with van der Waals surface area (Å²) in [5, 5.41) is 3.20. The zero-order chi connectivity index (χ0) is 18.5. The first kappa shape index (κ1) is 18.8.